The van der Waals surface area contributed by atoms with Crippen LogP contribution in [0.2, 0.25) is 0 Å². The minimum absolute atomic E-state index is 0.0327. The number of carbonyl (C=O) groups is 3. The van der Waals surface area contributed by atoms with Crippen LogP contribution >= 0.6 is 15.9 Å². The Morgan fingerprint density at radius 2 is 1.41 bits per heavy atom. The molecule has 0 unspecified atom stereocenters. The average Bonchev–Trinajstić information content (AvgIpc) is 2.67. The maximum absolute atomic E-state index is 11.8. The van der Waals surface area contributed by atoms with E-state index >= 15 is 0 Å². The van der Waals surface area contributed by atoms with Gasteiger partial charge in [-0.25, -0.2) is 0 Å². The number of esters is 1. The van der Waals surface area contributed by atoms with Gasteiger partial charge in [-0.2, -0.15) is 0 Å². The lowest BCUT2D eigenvalue weighted by atomic mass is 10.2. The zero-order valence-corrected chi connectivity index (χ0v) is 16.2. The van der Waals surface area contributed by atoms with E-state index in [1.807, 2.05) is 0 Å². The SMILES string of the molecule is COc1ccc(NC(=O)COC(=O)CCC(=O)Nc2ccc(Br)cc2)cc1. The van der Waals surface area contributed by atoms with Crippen LogP contribution in [0.5, 0.6) is 5.75 Å². The van der Waals surface area contributed by atoms with Crippen LogP contribution in [0.3, 0.4) is 0 Å². The number of anilines is 2. The molecule has 0 saturated carbocycles. The molecule has 0 aliphatic rings. The lowest BCUT2D eigenvalue weighted by Gasteiger charge is -2.08. The Labute approximate surface area is 165 Å². The van der Waals surface area contributed by atoms with Gasteiger partial charge in [0.25, 0.3) is 5.91 Å². The van der Waals surface area contributed by atoms with Crippen molar-refractivity contribution in [2.45, 2.75) is 12.8 Å². The summed E-state index contributed by atoms with van der Waals surface area (Å²) in [6.07, 6.45) is -0.146. The van der Waals surface area contributed by atoms with E-state index in [0.717, 1.165) is 4.47 Å². The van der Waals surface area contributed by atoms with E-state index < -0.39 is 18.5 Å². The van der Waals surface area contributed by atoms with E-state index in [9.17, 15) is 14.4 Å². The molecule has 0 aliphatic heterocycles. The van der Waals surface area contributed by atoms with Crippen LogP contribution in [-0.2, 0) is 19.1 Å². The number of ether oxygens (including phenoxy) is 2. The number of hydrogen-bond donors (Lipinski definition) is 2. The largest absolute Gasteiger partial charge is 0.497 e. The molecule has 2 rings (SSSR count). The summed E-state index contributed by atoms with van der Waals surface area (Å²) in [7, 11) is 1.55. The molecule has 0 fully saturated rings. The van der Waals surface area contributed by atoms with Gasteiger partial charge in [0.1, 0.15) is 5.75 Å². The number of nitrogens with one attached hydrogen (secondary N) is 2. The standard InChI is InChI=1S/C19H19BrN2O5/c1-26-16-8-6-15(7-9-16)22-18(24)12-27-19(25)11-10-17(23)21-14-4-2-13(20)3-5-14/h2-9H,10-12H2,1H3,(H,21,23)(H,22,24). The normalized spacial score (nSPS) is 10.0. The van der Waals surface area contributed by atoms with E-state index in [-0.39, 0.29) is 18.7 Å². The van der Waals surface area contributed by atoms with Crippen molar-refractivity contribution in [1.82, 2.24) is 0 Å². The van der Waals surface area contributed by atoms with Gasteiger partial charge in [-0.1, -0.05) is 15.9 Å². The summed E-state index contributed by atoms with van der Waals surface area (Å²) in [4.78, 5) is 35.3. The second-order valence-electron chi connectivity index (χ2n) is 5.49. The molecule has 0 bridgehead atoms. The van der Waals surface area contributed by atoms with Crippen molar-refractivity contribution in [2.24, 2.45) is 0 Å². The highest BCUT2D eigenvalue weighted by atomic mass is 79.9. The lowest BCUT2D eigenvalue weighted by molar-refractivity contribution is -0.147. The molecule has 0 radical (unpaired) electrons. The fourth-order valence-electron chi connectivity index (χ4n) is 2.06. The van der Waals surface area contributed by atoms with Gasteiger partial charge in [0, 0.05) is 22.3 Å². The first-order valence-corrected chi connectivity index (χ1v) is 8.90. The second kappa shape index (κ2) is 10.3. The molecule has 2 amide bonds. The molecule has 2 aromatic carbocycles. The van der Waals surface area contributed by atoms with Crippen molar-refractivity contribution in [3.63, 3.8) is 0 Å². The number of methoxy groups -OCH3 is 1. The molecular weight excluding hydrogens is 416 g/mol. The van der Waals surface area contributed by atoms with Crippen LogP contribution in [0.15, 0.2) is 53.0 Å². The number of hydrogen-bond acceptors (Lipinski definition) is 5. The van der Waals surface area contributed by atoms with Gasteiger partial charge >= 0.3 is 5.97 Å². The Kier molecular flexibility index (Phi) is 7.81. The highest BCUT2D eigenvalue weighted by Gasteiger charge is 2.11. The Morgan fingerprint density at radius 1 is 0.852 bits per heavy atom. The fraction of sp³-hybridized carbons (Fsp3) is 0.211. The zero-order chi connectivity index (χ0) is 19.6. The van der Waals surface area contributed by atoms with Gasteiger partial charge in [-0.15, -0.1) is 0 Å². The second-order valence-corrected chi connectivity index (χ2v) is 6.41. The molecule has 7 nitrogen and oxygen atoms in total. The molecule has 0 saturated heterocycles. The first-order chi connectivity index (χ1) is 13.0. The maximum atomic E-state index is 11.8. The molecule has 0 aromatic heterocycles. The quantitative estimate of drug-likeness (QED) is 0.621. The van der Waals surface area contributed by atoms with Crippen LogP contribution in [0, 0.1) is 0 Å². The molecule has 2 aromatic rings. The minimum atomic E-state index is -0.620. The van der Waals surface area contributed by atoms with Crippen LogP contribution in [0.25, 0.3) is 0 Å². The lowest BCUT2D eigenvalue weighted by Crippen LogP contribution is -2.21. The molecule has 0 spiro atoms. The van der Waals surface area contributed by atoms with Gasteiger partial charge in [0.05, 0.1) is 13.5 Å². The predicted molar refractivity (Wildman–Crippen MR) is 105 cm³/mol. The summed E-state index contributed by atoms with van der Waals surface area (Å²) in [5.41, 5.74) is 1.20. The van der Waals surface area contributed by atoms with Gasteiger partial charge in [0.15, 0.2) is 6.61 Å². The monoisotopic (exact) mass is 434 g/mol. The highest BCUT2D eigenvalue weighted by Crippen LogP contribution is 2.15. The topological polar surface area (TPSA) is 93.7 Å². The fourth-order valence-corrected chi connectivity index (χ4v) is 2.33. The maximum Gasteiger partial charge on any atom is 0.306 e. The van der Waals surface area contributed by atoms with Crippen molar-refractivity contribution in [3.8, 4) is 5.75 Å². The number of carbonyl (C=O) groups excluding carboxylic acids is 3. The van der Waals surface area contributed by atoms with Crippen molar-refractivity contribution in [2.75, 3.05) is 24.4 Å². The summed E-state index contributed by atoms with van der Waals surface area (Å²) in [6, 6.07) is 13.8. The van der Waals surface area contributed by atoms with Crippen LogP contribution in [0.4, 0.5) is 11.4 Å². The molecule has 0 aliphatic carbocycles. The summed E-state index contributed by atoms with van der Waals surface area (Å²) in [5.74, 6) is -0.725. The van der Waals surface area contributed by atoms with E-state index in [4.69, 9.17) is 9.47 Å². The van der Waals surface area contributed by atoms with E-state index in [0.29, 0.717) is 17.1 Å². The average molecular weight is 435 g/mol. The number of rotatable bonds is 8. The van der Waals surface area contributed by atoms with Crippen LogP contribution in [0.1, 0.15) is 12.8 Å². The summed E-state index contributed by atoms with van der Waals surface area (Å²) < 4.78 is 10.8. The van der Waals surface area contributed by atoms with Crippen LogP contribution in [-0.4, -0.2) is 31.5 Å². The van der Waals surface area contributed by atoms with Gasteiger partial charge in [-0.05, 0) is 48.5 Å². The molecule has 2 N–H and O–H groups in total. The summed E-state index contributed by atoms with van der Waals surface area (Å²) in [5, 5.41) is 5.27. The van der Waals surface area contributed by atoms with Crippen LogP contribution < -0.4 is 15.4 Å². The van der Waals surface area contributed by atoms with Gasteiger partial charge < -0.3 is 20.1 Å². The van der Waals surface area contributed by atoms with E-state index in [2.05, 4.69) is 26.6 Å². The third-order valence-corrected chi connectivity index (χ3v) is 3.95. The van der Waals surface area contributed by atoms with Gasteiger partial charge in [0.2, 0.25) is 5.91 Å². The first kappa shape index (κ1) is 20.4. The molecule has 0 heterocycles. The molecular formula is C19H19BrN2O5. The van der Waals surface area contributed by atoms with Crippen molar-refractivity contribution in [1.29, 1.82) is 0 Å². The zero-order valence-electron chi connectivity index (χ0n) is 14.7. The van der Waals surface area contributed by atoms with Crippen molar-refractivity contribution in [3.05, 3.63) is 53.0 Å². The third kappa shape index (κ3) is 7.49. The highest BCUT2D eigenvalue weighted by molar-refractivity contribution is 9.10. The summed E-state index contributed by atoms with van der Waals surface area (Å²) >= 11 is 3.31. The Balaban J connectivity index is 1.66. The summed E-state index contributed by atoms with van der Waals surface area (Å²) in [6.45, 7) is -0.417. The third-order valence-electron chi connectivity index (χ3n) is 3.42. The molecule has 8 heteroatoms. The molecule has 142 valence electrons. The van der Waals surface area contributed by atoms with E-state index in [1.54, 1.807) is 55.6 Å². The smallest absolute Gasteiger partial charge is 0.306 e. The Bertz CT molecular complexity index is 791. The van der Waals surface area contributed by atoms with Crippen molar-refractivity contribution < 1.29 is 23.9 Å². The van der Waals surface area contributed by atoms with Gasteiger partial charge in [-0.3, -0.25) is 14.4 Å². The molecule has 0 atom stereocenters. The minimum Gasteiger partial charge on any atom is -0.497 e. The number of benzene rings is 2. The van der Waals surface area contributed by atoms with Crippen molar-refractivity contribution >= 4 is 45.1 Å². The Morgan fingerprint density at radius 3 is 2.00 bits per heavy atom. The molecule has 27 heavy (non-hydrogen) atoms. The predicted octanol–water partition coefficient (Wildman–Crippen LogP) is 3.36. The number of amides is 2. The Hall–Kier alpha value is -2.87. The number of halogens is 1. The van der Waals surface area contributed by atoms with E-state index in [1.165, 1.54) is 0 Å². The first-order valence-electron chi connectivity index (χ1n) is 8.11.